The number of rotatable bonds is 9. The Morgan fingerprint density at radius 2 is 0.368 bits per heavy atom. The molecular formula is C100H62N6. The summed E-state index contributed by atoms with van der Waals surface area (Å²) >= 11 is 0. The van der Waals surface area contributed by atoms with Gasteiger partial charge in [-0.25, -0.2) is 29.9 Å². The second-order valence-electron chi connectivity index (χ2n) is 27.1. The van der Waals surface area contributed by atoms with E-state index in [0.717, 1.165) is 117 Å². The minimum atomic E-state index is 0.713. The number of fused-ring (bicyclic) bond motifs is 18. The number of aromatic nitrogens is 6. The van der Waals surface area contributed by atoms with Gasteiger partial charge in [0.05, 0.1) is 44.8 Å². The molecule has 6 nitrogen and oxygen atoms in total. The van der Waals surface area contributed by atoms with Crippen molar-refractivity contribution in [1.29, 1.82) is 0 Å². The number of benzene rings is 17. The zero-order valence-corrected chi connectivity index (χ0v) is 57.5. The number of hydrogen-bond acceptors (Lipinski definition) is 6. The second-order valence-corrected chi connectivity index (χ2v) is 27.1. The summed E-state index contributed by atoms with van der Waals surface area (Å²) in [5.41, 5.74) is 20.9. The van der Waals surface area contributed by atoms with Gasteiger partial charge in [-0.1, -0.05) is 340 Å². The van der Waals surface area contributed by atoms with Crippen LogP contribution in [0.2, 0.25) is 0 Å². The molecule has 21 rings (SSSR count). The largest absolute Gasteiger partial charge is 0.247 e. The zero-order valence-electron chi connectivity index (χ0n) is 57.5. The Hall–Kier alpha value is -14.2. The van der Waals surface area contributed by atoms with E-state index in [9.17, 15) is 0 Å². The van der Waals surface area contributed by atoms with Gasteiger partial charge in [0.15, 0.2) is 11.6 Å². The van der Waals surface area contributed by atoms with Crippen LogP contribution >= 0.6 is 0 Å². The molecule has 17 aromatic carbocycles. The third kappa shape index (κ3) is 10.8. The molecule has 0 fully saturated rings. The lowest BCUT2D eigenvalue weighted by Gasteiger charge is -2.16. The van der Waals surface area contributed by atoms with Gasteiger partial charge in [0.1, 0.15) is 0 Å². The monoisotopic (exact) mass is 1350 g/mol. The fraction of sp³-hybridized carbons (Fsp3) is 0. The Bertz CT molecular complexity index is 7040. The Morgan fingerprint density at radius 3 is 0.755 bits per heavy atom. The number of hydrogen-bond donors (Lipinski definition) is 0. The highest BCUT2D eigenvalue weighted by Crippen LogP contribution is 2.46. The maximum absolute atomic E-state index is 5.39. The summed E-state index contributed by atoms with van der Waals surface area (Å²) in [5.74, 6) is 1.44. The second kappa shape index (κ2) is 26.0. The van der Waals surface area contributed by atoms with Crippen LogP contribution in [0.1, 0.15) is 0 Å². The van der Waals surface area contributed by atoms with Crippen molar-refractivity contribution in [2.24, 2.45) is 0 Å². The van der Waals surface area contributed by atoms with Gasteiger partial charge in [-0.3, -0.25) is 0 Å². The molecule has 4 heterocycles. The van der Waals surface area contributed by atoms with Gasteiger partial charge in [-0.05, 0) is 113 Å². The highest BCUT2D eigenvalue weighted by atomic mass is 14.9. The van der Waals surface area contributed by atoms with Crippen LogP contribution in [-0.4, -0.2) is 29.9 Å². The third-order valence-corrected chi connectivity index (χ3v) is 20.9. The standard InChI is InChI=1S/C53H33N3.C47H29N3/c1-2-13-34(14-3-1)35-27-31-38(32-28-35)53-55-48-24-11-9-22-46(48)51(56-53)37-29-25-36(26-30-37)39-15-12-16-40(33-39)52-50-44-20-7-5-18-42(44)41-17-4-6-19-43(41)49(50)45-21-8-10-23-47(45)54-52;1-2-13-32(14-3-1)47-49-42-24-11-9-22-40(42)45(50-47)31-27-25-30(26-28-31)33-15-12-16-34(29-33)46-44-38-20-7-5-18-36(38)35-17-4-6-19-37(35)43(44)39-21-8-10-23-41(39)48-46/h1-33H;1-29H. The van der Waals surface area contributed by atoms with Gasteiger partial charge in [-0.2, -0.15) is 0 Å². The Kier molecular flexibility index (Phi) is 15.1. The first-order valence-corrected chi connectivity index (χ1v) is 36.0. The molecule has 0 saturated heterocycles. The van der Waals surface area contributed by atoms with Crippen molar-refractivity contribution in [2.45, 2.75) is 0 Å². The number of nitrogens with zero attached hydrogens (tertiary/aromatic N) is 6. The van der Waals surface area contributed by atoms with Crippen molar-refractivity contribution < 1.29 is 0 Å². The van der Waals surface area contributed by atoms with E-state index in [1.807, 2.05) is 42.5 Å². The summed E-state index contributed by atoms with van der Waals surface area (Å²) in [6, 6.07) is 133. The summed E-state index contributed by atoms with van der Waals surface area (Å²) in [6.07, 6.45) is 0. The highest BCUT2D eigenvalue weighted by Gasteiger charge is 2.22. The molecule has 0 spiro atoms. The Labute approximate surface area is 611 Å². The molecule has 6 heteroatoms. The van der Waals surface area contributed by atoms with E-state index in [4.69, 9.17) is 29.9 Å². The van der Waals surface area contributed by atoms with Crippen LogP contribution in [0, 0.1) is 0 Å². The summed E-state index contributed by atoms with van der Waals surface area (Å²) < 4.78 is 0. The molecule has 0 N–H and O–H groups in total. The maximum Gasteiger partial charge on any atom is 0.160 e. The molecule has 0 unspecified atom stereocenters. The van der Waals surface area contributed by atoms with Gasteiger partial charge in [-0.15, -0.1) is 0 Å². The summed E-state index contributed by atoms with van der Waals surface area (Å²) in [4.78, 5) is 30.9. The normalized spacial score (nSPS) is 11.6. The maximum atomic E-state index is 5.39. The lowest BCUT2D eigenvalue weighted by atomic mass is 9.89. The molecule has 0 atom stereocenters. The zero-order chi connectivity index (χ0) is 70.0. The van der Waals surface area contributed by atoms with E-state index in [1.54, 1.807) is 0 Å². The summed E-state index contributed by atoms with van der Waals surface area (Å²) in [7, 11) is 0. The van der Waals surface area contributed by atoms with E-state index in [2.05, 4.69) is 334 Å². The molecule has 4 aromatic heterocycles. The first-order chi connectivity index (χ1) is 52.6. The van der Waals surface area contributed by atoms with Gasteiger partial charge < -0.3 is 0 Å². The molecule has 0 aliphatic carbocycles. The molecular weight excluding hydrogens is 1290 g/mol. The topological polar surface area (TPSA) is 77.3 Å². The average Bonchev–Trinajstić information content (AvgIpc) is 0.718. The van der Waals surface area contributed by atoms with E-state index in [0.29, 0.717) is 5.82 Å². The lowest BCUT2D eigenvalue weighted by molar-refractivity contribution is 1.23. The first-order valence-electron chi connectivity index (χ1n) is 36.0. The number of pyridine rings is 2. The van der Waals surface area contributed by atoms with E-state index >= 15 is 0 Å². The lowest BCUT2D eigenvalue weighted by Crippen LogP contribution is -1.95. The van der Waals surface area contributed by atoms with Crippen LogP contribution in [0.15, 0.2) is 376 Å². The van der Waals surface area contributed by atoms with Crippen molar-refractivity contribution in [3.8, 4) is 101 Å². The van der Waals surface area contributed by atoms with Crippen molar-refractivity contribution in [1.82, 2.24) is 29.9 Å². The van der Waals surface area contributed by atoms with E-state index < -0.39 is 0 Å². The van der Waals surface area contributed by atoms with Crippen LogP contribution in [-0.2, 0) is 0 Å². The van der Waals surface area contributed by atoms with Crippen molar-refractivity contribution in [3.05, 3.63) is 376 Å². The fourth-order valence-electron chi connectivity index (χ4n) is 15.9. The molecule has 106 heavy (non-hydrogen) atoms. The molecule has 492 valence electrons. The van der Waals surface area contributed by atoms with Crippen LogP contribution in [0.3, 0.4) is 0 Å². The highest BCUT2D eigenvalue weighted by molar-refractivity contribution is 6.35. The molecule has 0 saturated carbocycles. The van der Waals surface area contributed by atoms with E-state index in [-0.39, 0.29) is 0 Å². The fourth-order valence-corrected chi connectivity index (χ4v) is 15.9. The first kappa shape index (κ1) is 61.7. The molecule has 0 aliphatic rings. The van der Waals surface area contributed by atoms with Crippen molar-refractivity contribution >= 4 is 108 Å². The van der Waals surface area contributed by atoms with Gasteiger partial charge >= 0.3 is 0 Å². The third-order valence-electron chi connectivity index (χ3n) is 20.9. The summed E-state index contributed by atoms with van der Waals surface area (Å²) in [5, 5.41) is 19.2. The smallest absolute Gasteiger partial charge is 0.160 e. The van der Waals surface area contributed by atoms with Gasteiger partial charge in [0.2, 0.25) is 0 Å². The molecule has 0 amide bonds. The van der Waals surface area contributed by atoms with Gasteiger partial charge in [0.25, 0.3) is 0 Å². The number of para-hydroxylation sites is 4. The van der Waals surface area contributed by atoms with Crippen molar-refractivity contribution in [2.75, 3.05) is 0 Å². The SMILES string of the molecule is c1ccc(-c2ccc(-c3nc(-c4ccc(-c5cccc(-c6nc7ccccc7c7c8ccccc8c8ccccc8c67)c5)cc4)c4ccccc4n3)cc2)cc1.c1ccc(-c2nc(-c3ccc(-c4cccc(-c5nc6ccccc6c6c7ccccc7c7ccccc7c56)c4)cc3)c3ccccc3n2)cc1. The predicted octanol–water partition coefficient (Wildman–Crippen LogP) is 26.3. The van der Waals surface area contributed by atoms with Crippen LogP contribution in [0.5, 0.6) is 0 Å². The van der Waals surface area contributed by atoms with Crippen molar-refractivity contribution in [3.63, 3.8) is 0 Å². The van der Waals surface area contributed by atoms with Crippen LogP contribution in [0.4, 0.5) is 0 Å². The molecule has 0 radical (unpaired) electrons. The van der Waals surface area contributed by atoms with E-state index in [1.165, 1.54) is 86.5 Å². The Balaban J connectivity index is 0.000000141. The Morgan fingerprint density at radius 1 is 0.123 bits per heavy atom. The molecule has 21 aromatic rings. The van der Waals surface area contributed by atoms with Crippen LogP contribution in [0.25, 0.3) is 209 Å². The quantitative estimate of drug-likeness (QED) is 0.134. The average molecular weight is 1350 g/mol. The summed E-state index contributed by atoms with van der Waals surface area (Å²) in [6.45, 7) is 0. The van der Waals surface area contributed by atoms with Gasteiger partial charge in [0, 0.05) is 76.5 Å². The molecule has 0 bridgehead atoms. The minimum Gasteiger partial charge on any atom is -0.247 e. The van der Waals surface area contributed by atoms with Crippen LogP contribution < -0.4 is 0 Å². The predicted molar refractivity (Wildman–Crippen MR) is 444 cm³/mol. The molecule has 0 aliphatic heterocycles. The minimum absolute atomic E-state index is 0.713.